The highest BCUT2D eigenvalue weighted by molar-refractivity contribution is 9.10. The second-order valence-corrected chi connectivity index (χ2v) is 6.02. The van der Waals surface area contributed by atoms with Gasteiger partial charge in [-0.2, -0.15) is 0 Å². The summed E-state index contributed by atoms with van der Waals surface area (Å²) in [6.45, 7) is 1.65. The van der Waals surface area contributed by atoms with Gasteiger partial charge in [-0.15, -0.1) is 11.3 Å². The molecule has 100 valence electrons. The first-order valence-corrected chi connectivity index (χ1v) is 7.61. The molecule has 1 aromatic heterocycles. The maximum atomic E-state index is 11.4. The van der Waals surface area contributed by atoms with Gasteiger partial charge < -0.3 is 10.6 Å². The summed E-state index contributed by atoms with van der Waals surface area (Å²) >= 11 is 5.17. The van der Waals surface area contributed by atoms with Crippen molar-refractivity contribution >= 4 is 33.2 Å². The van der Waals surface area contributed by atoms with Gasteiger partial charge >= 0.3 is 0 Å². The molecule has 19 heavy (non-hydrogen) atoms. The normalized spacial score (nSPS) is 10.4. The van der Waals surface area contributed by atoms with Crippen molar-refractivity contribution in [1.29, 1.82) is 0 Å². The number of hydrogen-bond donors (Lipinski definition) is 2. The van der Waals surface area contributed by atoms with Gasteiger partial charge in [-0.25, -0.2) is 0 Å². The van der Waals surface area contributed by atoms with Gasteiger partial charge in [0, 0.05) is 40.4 Å². The Hall–Kier alpha value is -1.17. The molecule has 0 aliphatic heterocycles. The molecule has 0 saturated heterocycles. The fourth-order valence-corrected chi connectivity index (χ4v) is 3.12. The Morgan fingerprint density at radius 2 is 2.00 bits per heavy atom. The highest BCUT2D eigenvalue weighted by Crippen LogP contribution is 2.19. The third-order valence-electron chi connectivity index (χ3n) is 2.69. The van der Waals surface area contributed by atoms with Crippen molar-refractivity contribution in [3.63, 3.8) is 0 Å². The van der Waals surface area contributed by atoms with Crippen LogP contribution in [0.4, 0.5) is 0 Å². The molecule has 0 radical (unpaired) electrons. The van der Waals surface area contributed by atoms with E-state index in [2.05, 4.69) is 38.0 Å². The predicted molar refractivity (Wildman–Crippen MR) is 82.4 cm³/mol. The number of halogens is 1. The van der Waals surface area contributed by atoms with Crippen LogP contribution in [0.5, 0.6) is 0 Å². The van der Waals surface area contributed by atoms with E-state index in [1.54, 1.807) is 18.4 Å². The zero-order valence-electron chi connectivity index (χ0n) is 10.6. The van der Waals surface area contributed by atoms with Crippen LogP contribution in [0.25, 0.3) is 0 Å². The molecule has 0 spiro atoms. The van der Waals surface area contributed by atoms with E-state index in [1.165, 1.54) is 10.4 Å². The maximum Gasteiger partial charge on any atom is 0.251 e. The third-order valence-corrected chi connectivity index (χ3v) is 4.39. The van der Waals surface area contributed by atoms with E-state index in [0.717, 1.165) is 17.6 Å². The summed E-state index contributed by atoms with van der Waals surface area (Å²) in [5.41, 5.74) is 1.86. The van der Waals surface area contributed by atoms with E-state index >= 15 is 0 Å². The SMILES string of the molecule is CNC(=O)c1ccc(CNCc2cc(Br)cs2)cc1. The van der Waals surface area contributed by atoms with E-state index < -0.39 is 0 Å². The number of thiophene rings is 1. The van der Waals surface area contributed by atoms with Crippen LogP contribution in [-0.2, 0) is 13.1 Å². The molecule has 2 rings (SSSR count). The molecule has 1 heterocycles. The lowest BCUT2D eigenvalue weighted by Gasteiger charge is -2.05. The van der Waals surface area contributed by atoms with Crippen LogP contribution < -0.4 is 10.6 Å². The first kappa shape index (κ1) is 14.2. The number of benzene rings is 1. The summed E-state index contributed by atoms with van der Waals surface area (Å²) in [6, 6.07) is 9.76. The monoisotopic (exact) mass is 338 g/mol. The third kappa shape index (κ3) is 4.16. The molecule has 0 saturated carbocycles. The molecule has 0 aliphatic carbocycles. The first-order valence-electron chi connectivity index (χ1n) is 5.93. The van der Waals surface area contributed by atoms with Gasteiger partial charge in [-0.05, 0) is 39.7 Å². The lowest BCUT2D eigenvalue weighted by atomic mass is 10.1. The van der Waals surface area contributed by atoms with Gasteiger partial charge in [0.1, 0.15) is 0 Å². The van der Waals surface area contributed by atoms with Crippen LogP contribution >= 0.6 is 27.3 Å². The van der Waals surface area contributed by atoms with Crippen LogP contribution in [0.3, 0.4) is 0 Å². The number of amides is 1. The predicted octanol–water partition coefficient (Wildman–Crippen LogP) is 3.16. The fraction of sp³-hybridized carbons (Fsp3) is 0.214. The van der Waals surface area contributed by atoms with Gasteiger partial charge in [-0.3, -0.25) is 4.79 Å². The molecule has 1 aromatic carbocycles. The minimum Gasteiger partial charge on any atom is -0.355 e. The van der Waals surface area contributed by atoms with Crippen molar-refractivity contribution in [3.8, 4) is 0 Å². The van der Waals surface area contributed by atoms with Gasteiger partial charge in [0.25, 0.3) is 5.91 Å². The number of carbonyl (C=O) groups excluding carboxylic acids is 1. The number of carbonyl (C=O) groups is 1. The smallest absolute Gasteiger partial charge is 0.251 e. The van der Waals surface area contributed by atoms with Crippen molar-refractivity contribution in [2.75, 3.05) is 7.05 Å². The van der Waals surface area contributed by atoms with Crippen LogP contribution in [-0.4, -0.2) is 13.0 Å². The summed E-state index contributed by atoms with van der Waals surface area (Å²) < 4.78 is 1.13. The average Bonchev–Trinajstić information content (AvgIpc) is 2.84. The summed E-state index contributed by atoms with van der Waals surface area (Å²) in [5.74, 6) is -0.0528. The molecule has 2 N–H and O–H groups in total. The van der Waals surface area contributed by atoms with Gasteiger partial charge in [0.05, 0.1) is 0 Å². The summed E-state index contributed by atoms with van der Waals surface area (Å²) in [4.78, 5) is 12.7. The van der Waals surface area contributed by atoms with Crippen molar-refractivity contribution in [1.82, 2.24) is 10.6 Å². The molecule has 3 nitrogen and oxygen atoms in total. The number of hydrogen-bond acceptors (Lipinski definition) is 3. The van der Waals surface area contributed by atoms with Crippen LogP contribution in [0.1, 0.15) is 20.8 Å². The summed E-state index contributed by atoms with van der Waals surface area (Å²) in [7, 11) is 1.64. The van der Waals surface area contributed by atoms with Gasteiger partial charge in [-0.1, -0.05) is 12.1 Å². The topological polar surface area (TPSA) is 41.1 Å². The average molecular weight is 339 g/mol. The maximum absolute atomic E-state index is 11.4. The largest absolute Gasteiger partial charge is 0.355 e. The fourth-order valence-electron chi connectivity index (χ4n) is 1.69. The Balaban J connectivity index is 1.84. The van der Waals surface area contributed by atoms with E-state index in [9.17, 15) is 4.79 Å². The summed E-state index contributed by atoms with van der Waals surface area (Å²) in [6.07, 6.45) is 0. The molecule has 5 heteroatoms. The van der Waals surface area contributed by atoms with Crippen molar-refractivity contribution in [2.24, 2.45) is 0 Å². The lowest BCUT2D eigenvalue weighted by Crippen LogP contribution is -2.18. The molecular weight excluding hydrogens is 324 g/mol. The number of rotatable bonds is 5. The minimum absolute atomic E-state index is 0.0528. The van der Waals surface area contributed by atoms with E-state index in [-0.39, 0.29) is 5.91 Å². The zero-order valence-corrected chi connectivity index (χ0v) is 13.0. The molecule has 1 amide bonds. The van der Waals surface area contributed by atoms with Crippen LogP contribution in [0, 0.1) is 0 Å². The quantitative estimate of drug-likeness (QED) is 0.879. The second-order valence-electron chi connectivity index (χ2n) is 4.11. The van der Waals surface area contributed by atoms with Gasteiger partial charge in [0.15, 0.2) is 0 Å². The first-order chi connectivity index (χ1) is 9.19. The van der Waals surface area contributed by atoms with E-state index in [0.29, 0.717) is 5.56 Å². The molecular formula is C14H15BrN2OS. The molecule has 0 atom stereocenters. The molecule has 0 fully saturated rings. The minimum atomic E-state index is -0.0528. The molecule has 0 bridgehead atoms. The van der Waals surface area contributed by atoms with Crippen LogP contribution in [0.15, 0.2) is 40.2 Å². The Morgan fingerprint density at radius 3 is 2.58 bits per heavy atom. The lowest BCUT2D eigenvalue weighted by molar-refractivity contribution is 0.0963. The van der Waals surface area contributed by atoms with E-state index in [4.69, 9.17) is 0 Å². The highest BCUT2D eigenvalue weighted by Gasteiger charge is 2.02. The van der Waals surface area contributed by atoms with Crippen molar-refractivity contribution < 1.29 is 4.79 Å². The molecule has 0 aliphatic rings. The molecule has 2 aromatic rings. The second kappa shape index (κ2) is 6.84. The van der Waals surface area contributed by atoms with Crippen LogP contribution in [0.2, 0.25) is 0 Å². The van der Waals surface area contributed by atoms with Gasteiger partial charge in [0.2, 0.25) is 0 Å². The molecule has 0 unspecified atom stereocenters. The Labute approximate surface area is 125 Å². The Bertz CT molecular complexity index is 551. The van der Waals surface area contributed by atoms with Crippen molar-refractivity contribution in [3.05, 3.63) is 56.2 Å². The zero-order chi connectivity index (χ0) is 13.7. The van der Waals surface area contributed by atoms with Crippen molar-refractivity contribution in [2.45, 2.75) is 13.1 Å². The summed E-state index contributed by atoms with van der Waals surface area (Å²) in [5, 5.41) is 8.07. The van der Waals surface area contributed by atoms with E-state index in [1.807, 2.05) is 24.3 Å². The number of nitrogens with one attached hydrogen (secondary N) is 2. The Kier molecular flexibility index (Phi) is 5.13. The highest BCUT2D eigenvalue weighted by atomic mass is 79.9. The Morgan fingerprint density at radius 1 is 1.26 bits per heavy atom. The standard InChI is InChI=1S/C14H15BrN2OS/c1-16-14(18)11-4-2-10(3-5-11)7-17-8-13-6-12(15)9-19-13/h2-6,9,17H,7-8H2,1H3,(H,16,18).